The van der Waals surface area contributed by atoms with Crippen molar-refractivity contribution >= 4 is 40.8 Å². The molecule has 24 heavy (non-hydrogen) atoms. The van der Waals surface area contributed by atoms with E-state index in [0.29, 0.717) is 20.4 Å². The van der Waals surface area contributed by atoms with Crippen LogP contribution in [0.4, 0.5) is 11.4 Å². The van der Waals surface area contributed by atoms with E-state index in [4.69, 9.17) is 4.74 Å². The number of nitro benzene ring substituents is 1. The normalized spacial score (nSPS) is 12.2. The zero-order valence-electron chi connectivity index (χ0n) is 13.0. The molecule has 2 N–H and O–H groups in total. The number of hydrogen-bond acceptors (Lipinski definition) is 7. The molecule has 1 heterocycles. The van der Waals surface area contributed by atoms with E-state index in [1.165, 1.54) is 18.2 Å². The number of nitrogens with zero attached hydrogens (tertiary/aromatic N) is 1. The number of carbonyl (C=O) groups is 1. The molecule has 1 aromatic carbocycles. The number of ether oxygens (including phenoxy) is 1. The van der Waals surface area contributed by atoms with Crippen LogP contribution in [0.3, 0.4) is 0 Å². The van der Waals surface area contributed by atoms with E-state index in [1.54, 1.807) is 26.1 Å². The fourth-order valence-electron chi connectivity index (χ4n) is 1.97. The molecule has 0 aliphatic rings. The summed E-state index contributed by atoms with van der Waals surface area (Å²) in [5, 5.41) is 13.8. The van der Waals surface area contributed by atoms with E-state index >= 15 is 0 Å². The van der Waals surface area contributed by atoms with E-state index in [-0.39, 0.29) is 17.9 Å². The molecule has 0 saturated carbocycles. The standard InChI is InChI=1S/C15H15N3O5S/c1-3-23-14(19)8-13-17-15(20)12(24-13)7-9-4-5-10(16-2)11(6-9)18(21)22/h4-8,16H,3H2,1-2H3,(H,17,20)/b12-7-,13-8-. The van der Waals surface area contributed by atoms with Gasteiger partial charge < -0.3 is 15.0 Å². The molecule has 9 heteroatoms. The highest BCUT2D eigenvalue weighted by molar-refractivity contribution is 7.07. The molecule has 0 atom stereocenters. The minimum atomic E-state index is -0.546. The summed E-state index contributed by atoms with van der Waals surface area (Å²) in [6.45, 7) is 1.93. The molecule has 0 fully saturated rings. The summed E-state index contributed by atoms with van der Waals surface area (Å²) in [7, 11) is 1.59. The van der Waals surface area contributed by atoms with Crippen LogP contribution in [0.15, 0.2) is 23.0 Å². The molecule has 0 aliphatic carbocycles. The highest BCUT2D eigenvalue weighted by Gasteiger charge is 2.12. The molecular formula is C15H15N3O5S. The molecule has 0 aliphatic heterocycles. The number of nitro groups is 1. The summed E-state index contributed by atoms with van der Waals surface area (Å²) < 4.78 is 5.46. The van der Waals surface area contributed by atoms with Crippen LogP contribution in [0.25, 0.3) is 12.2 Å². The number of benzene rings is 1. The van der Waals surface area contributed by atoms with Crippen molar-refractivity contribution in [3.63, 3.8) is 0 Å². The largest absolute Gasteiger partial charge is 0.463 e. The van der Waals surface area contributed by atoms with Crippen LogP contribution >= 0.6 is 11.3 Å². The van der Waals surface area contributed by atoms with Crippen molar-refractivity contribution in [2.75, 3.05) is 19.0 Å². The second-order valence-electron chi connectivity index (χ2n) is 4.61. The van der Waals surface area contributed by atoms with Crippen LogP contribution in [0.2, 0.25) is 0 Å². The smallest absolute Gasteiger partial charge is 0.333 e. The van der Waals surface area contributed by atoms with Crippen molar-refractivity contribution in [1.82, 2.24) is 4.98 Å². The highest BCUT2D eigenvalue weighted by Crippen LogP contribution is 2.25. The number of carbonyl (C=O) groups excluding carboxylic acids is 1. The third-order valence-corrected chi connectivity index (χ3v) is 3.96. The van der Waals surface area contributed by atoms with Gasteiger partial charge in [-0.15, -0.1) is 11.3 Å². The molecule has 0 bridgehead atoms. The molecule has 126 valence electrons. The molecule has 0 saturated heterocycles. The van der Waals surface area contributed by atoms with E-state index in [0.717, 1.165) is 11.3 Å². The summed E-state index contributed by atoms with van der Waals surface area (Å²) in [5.41, 5.74) is 0.428. The lowest BCUT2D eigenvalue weighted by Crippen LogP contribution is -2.20. The molecular weight excluding hydrogens is 334 g/mol. The van der Waals surface area contributed by atoms with Gasteiger partial charge in [-0.2, -0.15) is 0 Å². The zero-order chi connectivity index (χ0) is 17.7. The number of H-pyrrole nitrogens is 1. The van der Waals surface area contributed by atoms with Crippen LogP contribution in [-0.2, 0) is 9.53 Å². The van der Waals surface area contributed by atoms with Gasteiger partial charge in [-0.25, -0.2) is 4.79 Å². The van der Waals surface area contributed by atoms with Gasteiger partial charge in [0.1, 0.15) is 10.4 Å². The van der Waals surface area contributed by atoms with Crippen LogP contribution in [-0.4, -0.2) is 29.5 Å². The zero-order valence-corrected chi connectivity index (χ0v) is 13.8. The lowest BCUT2D eigenvalue weighted by molar-refractivity contribution is -0.384. The quantitative estimate of drug-likeness (QED) is 0.463. The molecule has 8 nitrogen and oxygen atoms in total. The molecule has 2 aromatic rings. The molecule has 0 unspecified atom stereocenters. The van der Waals surface area contributed by atoms with Crippen molar-refractivity contribution in [2.24, 2.45) is 0 Å². The minimum absolute atomic E-state index is 0.0856. The monoisotopic (exact) mass is 349 g/mol. The van der Waals surface area contributed by atoms with Crippen LogP contribution in [0.5, 0.6) is 0 Å². The Kier molecular flexibility index (Phi) is 5.48. The Morgan fingerprint density at radius 3 is 2.88 bits per heavy atom. The van der Waals surface area contributed by atoms with Gasteiger partial charge in [0.25, 0.3) is 11.2 Å². The Balaban J connectivity index is 2.48. The van der Waals surface area contributed by atoms with Gasteiger partial charge in [0.2, 0.25) is 0 Å². The second-order valence-corrected chi connectivity index (χ2v) is 5.69. The topological polar surface area (TPSA) is 114 Å². The summed E-state index contributed by atoms with van der Waals surface area (Å²) in [4.78, 5) is 36.4. The number of anilines is 1. The molecule has 0 amide bonds. The lowest BCUT2D eigenvalue weighted by Gasteiger charge is -2.02. The maximum atomic E-state index is 11.9. The SMILES string of the molecule is CCOC(=O)/C=c1/[nH]c(=O)/c(=C/c2ccc(NC)c([N+](=O)[O-])c2)s1. The fourth-order valence-corrected chi connectivity index (χ4v) is 2.84. The molecule has 1 aromatic heterocycles. The number of nitrogens with one attached hydrogen (secondary N) is 2. The predicted molar refractivity (Wildman–Crippen MR) is 91.5 cm³/mol. The van der Waals surface area contributed by atoms with Crippen LogP contribution in [0, 0.1) is 10.1 Å². The Morgan fingerprint density at radius 1 is 1.50 bits per heavy atom. The number of hydrogen-bond donors (Lipinski definition) is 2. The fraction of sp³-hybridized carbons (Fsp3) is 0.200. The van der Waals surface area contributed by atoms with E-state index in [2.05, 4.69) is 10.3 Å². The van der Waals surface area contributed by atoms with Gasteiger partial charge in [0.05, 0.1) is 22.1 Å². The Bertz CT molecular complexity index is 945. The average molecular weight is 349 g/mol. The number of aromatic nitrogens is 1. The Labute approximate surface area is 140 Å². The van der Waals surface area contributed by atoms with E-state index in [1.807, 2.05) is 0 Å². The second kappa shape index (κ2) is 7.55. The van der Waals surface area contributed by atoms with Crippen LogP contribution in [0.1, 0.15) is 12.5 Å². The lowest BCUT2D eigenvalue weighted by atomic mass is 10.1. The Morgan fingerprint density at radius 2 is 2.25 bits per heavy atom. The van der Waals surface area contributed by atoms with Crippen LogP contribution < -0.4 is 20.1 Å². The van der Waals surface area contributed by atoms with Gasteiger partial charge in [-0.3, -0.25) is 14.9 Å². The number of aromatic amines is 1. The van der Waals surface area contributed by atoms with Gasteiger partial charge in [-0.05, 0) is 24.6 Å². The van der Waals surface area contributed by atoms with E-state index < -0.39 is 10.9 Å². The predicted octanol–water partition coefficient (Wildman–Crippen LogP) is 0.559. The summed E-state index contributed by atoms with van der Waals surface area (Å²) in [6.07, 6.45) is 2.72. The number of thiazole rings is 1. The number of esters is 1. The van der Waals surface area contributed by atoms with E-state index in [9.17, 15) is 19.7 Å². The highest BCUT2D eigenvalue weighted by atomic mass is 32.1. The first-order valence-corrected chi connectivity index (χ1v) is 7.81. The molecule has 0 spiro atoms. The van der Waals surface area contributed by atoms with Crippen molar-refractivity contribution in [3.8, 4) is 0 Å². The van der Waals surface area contributed by atoms with Crippen molar-refractivity contribution in [1.29, 1.82) is 0 Å². The first-order chi connectivity index (χ1) is 11.4. The van der Waals surface area contributed by atoms with Crippen molar-refractivity contribution in [3.05, 3.63) is 53.4 Å². The third kappa shape index (κ3) is 4.07. The summed E-state index contributed by atoms with van der Waals surface area (Å²) in [6, 6.07) is 4.60. The molecule has 2 rings (SSSR count). The molecule has 0 radical (unpaired) electrons. The maximum absolute atomic E-state index is 11.9. The first kappa shape index (κ1) is 17.4. The first-order valence-electron chi connectivity index (χ1n) is 7.00. The van der Waals surface area contributed by atoms with Gasteiger partial charge in [0.15, 0.2) is 0 Å². The average Bonchev–Trinajstić information content (AvgIpc) is 2.86. The van der Waals surface area contributed by atoms with Gasteiger partial charge >= 0.3 is 5.97 Å². The van der Waals surface area contributed by atoms with Crippen molar-refractivity contribution < 1.29 is 14.5 Å². The van der Waals surface area contributed by atoms with Gasteiger partial charge in [0, 0.05) is 13.1 Å². The Hall–Kier alpha value is -2.94. The number of rotatable bonds is 5. The summed E-state index contributed by atoms with van der Waals surface area (Å²) in [5.74, 6) is -0.546. The summed E-state index contributed by atoms with van der Waals surface area (Å²) >= 11 is 1.07. The van der Waals surface area contributed by atoms with Gasteiger partial charge in [-0.1, -0.05) is 6.07 Å². The minimum Gasteiger partial charge on any atom is -0.463 e. The maximum Gasteiger partial charge on any atom is 0.333 e. The van der Waals surface area contributed by atoms with Crippen molar-refractivity contribution in [2.45, 2.75) is 6.92 Å². The third-order valence-electron chi connectivity index (χ3n) is 3.00.